The number of sulfonamides is 1. The molecule has 0 amide bonds. The normalized spacial score (nSPS) is 28.0. The van der Waals surface area contributed by atoms with E-state index in [-0.39, 0.29) is 0 Å². The molecule has 0 unspecified atom stereocenters. The molecule has 21 heavy (non-hydrogen) atoms. The first-order valence-electron chi connectivity index (χ1n) is 7.09. The van der Waals surface area contributed by atoms with E-state index in [1.165, 1.54) is 10.6 Å². The van der Waals surface area contributed by atoms with E-state index in [0.717, 1.165) is 25.2 Å². The monoisotopic (exact) mass is 312 g/mol. The molecule has 2 saturated heterocycles. The maximum atomic E-state index is 11.8. The van der Waals surface area contributed by atoms with Crippen molar-refractivity contribution in [3.8, 4) is 0 Å². The molecule has 0 radical (unpaired) electrons. The van der Waals surface area contributed by atoms with Crippen molar-refractivity contribution in [2.45, 2.75) is 18.4 Å². The first kappa shape index (κ1) is 14.7. The van der Waals surface area contributed by atoms with E-state index < -0.39 is 15.6 Å². The number of ether oxygens (including phenoxy) is 1. The molecule has 2 fully saturated rings. The van der Waals surface area contributed by atoms with Crippen molar-refractivity contribution in [2.75, 3.05) is 43.9 Å². The first-order chi connectivity index (χ1) is 9.99. The number of rotatable bonds is 2. The summed E-state index contributed by atoms with van der Waals surface area (Å²) in [5.41, 5.74) is -0.433. The van der Waals surface area contributed by atoms with Gasteiger partial charge in [0.05, 0.1) is 24.7 Å². The predicted octanol–water partition coefficient (Wildman–Crippen LogP) is 0.107. The van der Waals surface area contributed by atoms with E-state index >= 15 is 0 Å². The molecule has 0 aromatic carbocycles. The zero-order chi connectivity index (χ0) is 14.9. The Bertz CT molecular complexity index is 591. The van der Waals surface area contributed by atoms with Crippen LogP contribution >= 0.6 is 0 Å². The third-order valence-corrected chi connectivity index (χ3v) is 5.35. The van der Waals surface area contributed by atoms with Gasteiger partial charge in [-0.2, -0.15) is 4.31 Å². The minimum Gasteiger partial charge on any atom is -0.370 e. The Labute approximate surface area is 125 Å². The highest BCUT2D eigenvalue weighted by molar-refractivity contribution is 7.88. The fourth-order valence-corrected chi connectivity index (χ4v) is 3.96. The van der Waals surface area contributed by atoms with Crippen molar-refractivity contribution in [3.05, 3.63) is 18.6 Å². The van der Waals surface area contributed by atoms with Gasteiger partial charge < -0.3 is 9.64 Å². The highest BCUT2D eigenvalue weighted by Gasteiger charge is 2.43. The fourth-order valence-electron chi connectivity index (χ4n) is 3.09. The summed E-state index contributed by atoms with van der Waals surface area (Å²) in [6.45, 7) is 2.84. The van der Waals surface area contributed by atoms with Crippen LogP contribution in [0.15, 0.2) is 18.6 Å². The number of hydrogen-bond donors (Lipinski definition) is 0. The summed E-state index contributed by atoms with van der Waals surface area (Å²) in [6.07, 6.45) is 8.13. The average molecular weight is 312 g/mol. The van der Waals surface area contributed by atoms with Crippen molar-refractivity contribution < 1.29 is 13.2 Å². The molecule has 2 aliphatic heterocycles. The largest absolute Gasteiger partial charge is 0.370 e. The second kappa shape index (κ2) is 5.51. The van der Waals surface area contributed by atoms with Crippen molar-refractivity contribution >= 4 is 15.8 Å². The van der Waals surface area contributed by atoms with Gasteiger partial charge in [-0.05, 0) is 12.8 Å². The second-order valence-corrected chi connectivity index (χ2v) is 7.70. The van der Waals surface area contributed by atoms with Gasteiger partial charge in [0.2, 0.25) is 10.0 Å². The number of anilines is 1. The third-order valence-electron chi connectivity index (χ3n) is 4.10. The van der Waals surface area contributed by atoms with Crippen LogP contribution in [0.4, 0.5) is 5.82 Å². The summed E-state index contributed by atoms with van der Waals surface area (Å²) in [5, 5.41) is 0. The van der Waals surface area contributed by atoms with Crippen LogP contribution in [0.25, 0.3) is 0 Å². The number of piperidine rings is 1. The lowest BCUT2D eigenvalue weighted by Crippen LogP contribution is -2.60. The minimum atomic E-state index is -3.18. The SMILES string of the molecule is CS(=O)(=O)N1CCO[C@]2(CCCN(c3cnccn3)C2)C1. The third kappa shape index (κ3) is 3.17. The molecule has 116 valence electrons. The molecule has 1 spiro atoms. The van der Waals surface area contributed by atoms with Crippen LogP contribution < -0.4 is 4.90 Å². The molecule has 1 atom stereocenters. The van der Waals surface area contributed by atoms with Crippen LogP contribution in [0, 0.1) is 0 Å². The Kier molecular flexibility index (Phi) is 3.85. The summed E-state index contributed by atoms with van der Waals surface area (Å²) in [6, 6.07) is 0. The molecule has 0 saturated carbocycles. The van der Waals surface area contributed by atoms with Gasteiger partial charge in [0, 0.05) is 38.6 Å². The standard InChI is InChI=1S/C13H20N4O3S/c1-21(18,19)17-7-8-20-13(11-17)3-2-6-16(10-13)12-9-14-4-5-15-12/h4-5,9H,2-3,6-8,10-11H2,1H3/t13-/m0/s1. The van der Waals surface area contributed by atoms with Crippen LogP contribution in [0.2, 0.25) is 0 Å². The average Bonchev–Trinajstić information content (AvgIpc) is 2.47. The van der Waals surface area contributed by atoms with E-state index in [9.17, 15) is 8.42 Å². The molecule has 7 nitrogen and oxygen atoms in total. The number of nitrogens with zero attached hydrogens (tertiary/aromatic N) is 4. The summed E-state index contributed by atoms with van der Waals surface area (Å²) in [4.78, 5) is 10.5. The van der Waals surface area contributed by atoms with Crippen molar-refractivity contribution in [1.82, 2.24) is 14.3 Å². The van der Waals surface area contributed by atoms with E-state index in [1.807, 2.05) is 0 Å². The predicted molar refractivity (Wildman–Crippen MR) is 78.6 cm³/mol. The second-order valence-electron chi connectivity index (χ2n) is 5.72. The van der Waals surface area contributed by atoms with Crippen LogP contribution in [-0.4, -0.2) is 67.3 Å². The quantitative estimate of drug-likeness (QED) is 0.771. The highest BCUT2D eigenvalue weighted by Crippen LogP contribution is 2.31. The maximum absolute atomic E-state index is 11.8. The van der Waals surface area contributed by atoms with Gasteiger partial charge >= 0.3 is 0 Å². The van der Waals surface area contributed by atoms with Gasteiger partial charge in [0.15, 0.2) is 0 Å². The zero-order valence-electron chi connectivity index (χ0n) is 12.1. The van der Waals surface area contributed by atoms with Gasteiger partial charge in [-0.25, -0.2) is 13.4 Å². The summed E-state index contributed by atoms with van der Waals surface area (Å²) < 4.78 is 31.1. The summed E-state index contributed by atoms with van der Waals surface area (Å²) in [5.74, 6) is 0.816. The van der Waals surface area contributed by atoms with E-state index in [0.29, 0.717) is 26.2 Å². The number of morpholine rings is 1. The van der Waals surface area contributed by atoms with Crippen LogP contribution in [0.1, 0.15) is 12.8 Å². The molecule has 1 aromatic rings. The van der Waals surface area contributed by atoms with E-state index in [2.05, 4.69) is 14.9 Å². The maximum Gasteiger partial charge on any atom is 0.211 e. The molecule has 0 N–H and O–H groups in total. The topological polar surface area (TPSA) is 75.6 Å². The molecule has 3 rings (SSSR count). The molecule has 2 aliphatic rings. The van der Waals surface area contributed by atoms with E-state index in [4.69, 9.17) is 4.74 Å². The summed E-state index contributed by atoms with van der Waals surface area (Å²) >= 11 is 0. The Morgan fingerprint density at radius 1 is 1.29 bits per heavy atom. The highest BCUT2D eigenvalue weighted by atomic mass is 32.2. The Morgan fingerprint density at radius 3 is 2.86 bits per heavy atom. The van der Waals surface area contributed by atoms with Crippen LogP contribution in [-0.2, 0) is 14.8 Å². The molecule has 1 aromatic heterocycles. The number of hydrogen-bond acceptors (Lipinski definition) is 6. The van der Waals surface area contributed by atoms with Crippen molar-refractivity contribution in [1.29, 1.82) is 0 Å². The zero-order valence-corrected chi connectivity index (χ0v) is 12.9. The Morgan fingerprint density at radius 2 is 2.14 bits per heavy atom. The fraction of sp³-hybridized carbons (Fsp3) is 0.692. The molecule has 3 heterocycles. The van der Waals surface area contributed by atoms with Gasteiger partial charge in [-0.15, -0.1) is 0 Å². The smallest absolute Gasteiger partial charge is 0.211 e. The molecule has 0 bridgehead atoms. The van der Waals surface area contributed by atoms with Gasteiger partial charge in [-0.1, -0.05) is 0 Å². The lowest BCUT2D eigenvalue weighted by Gasteiger charge is -2.47. The van der Waals surface area contributed by atoms with Gasteiger partial charge in [0.1, 0.15) is 5.82 Å². The summed E-state index contributed by atoms with van der Waals surface area (Å²) in [7, 11) is -3.18. The molecular weight excluding hydrogens is 292 g/mol. The Balaban J connectivity index is 1.78. The van der Waals surface area contributed by atoms with Crippen molar-refractivity contribution in [2.24, 2.45) is 0 Å². The molecule has 8 heteroatoms. The number of aromatic nitrogens is 2. The first-order valence-corrected chi connectivity index (χ1v) is 8.93. The lowest BCUT2D eigenvalue weighted by molar-refractivity contribution is -0.0949. The van der Waals surface area contributed by atoms with Crippen molar-refractivity contribution in [3.63, 3.8) is 0 Å². The molecule has 0 aliphatic carbocycles. The van der Waals surface area contributed by atoms with Gasteiger partial charge in [0.25, 0.3) is 0 Å². The van der Waals surface area contributed by atoms with E-state index in [1.54, 1.807) is 18.6 Å². The lowest BCUT2D eigenvalue weighted by atomic mass is 9.91. The van der Waals surface area contributed by atoms with Crippen LogP contribution in [0.5, 0.6) is 0 Å². The van der Waals surface area contributed by atoms with Gasteiger partial charge in [-0.3, -0.25) is 4.98 Å². The Hall–Kier alpha value is -1.25. The minimum absolute atomic E-state index is 0.419. The van der Waals surface area contributed by atoms with Crippen LogP contribution in [0.3, 0.4) is 0 Å². The molecular formula is C13H20N4O3S.